The minimum atomic E-state index is -1.09. The Balaban J connectivity index is 2.50. The third kappa shape index (κ3) is 1.50. The molecule has 5 heteroatoms. The fraction of sp³-hybridized carbons (Fsp3) is 0.300. The molecule has 1 aromatic rings. The minimum Gasteiger partial charge on any atom is -0.480 e. The second-order valence-electron chi connectivity index (χ2n) is 3.35. The normalized spacial score (nSPS) is 15.1. The minimum absolute atomic E-state index is 0.111. The van der Waals surface area contributed by atoms with Gasteiger partial charge in [0.25, 0.3) is 0 Å². The van der Waals surface area contributed by atoms with E-state index < -0.39 is 12.0 Å². The number of benzene rings is 1. The molecule has 5 nitrogen and oxygen atoms in total. The third-order valence-electron chi connectivity index (χ3n) is 2.35. The highest BCUT2D eigenvalue weighted by atomic mass is 16.7. The lowest BCUT2D eigenvalue weighted by Crippen LogP contribution is -2.21. The van der Waals surface area contributed by atoms with Crippen molar-refractivity contribution < 1.29 is 19.4 Å². The SMILES string of the molecule is Cc1ccc(C(N)C(=O)O)c2c1OCO2. The highest BCUT2D eigenvalue weighted by Gasteiger charge is 2.26. The smallest absolute Gasteiger partial charge is 0.325 e. The molecule has 0 aromatic heterocycles. The Kier molecular flexibility index (Phi) is 2.24. The number of nitrogens with two attached hydrogens (primary N) is 1. The van der Waals surface area contributed by atoms with Crippen LogP contribution in [0.1, 0.15) is 17.2 Å². The van der Waals surface area contributed by atoms with Gasteiger partial charge in [-0.05, 0) is 12.5 Å². The summed E-state index contributed by atoms with van der Waals surface area (Å²) in [4.78, 5) is 10.8. The Morgan fingerprint density at radius 3 is 2.80 bits per heavy atom. The lowest BCUT2D eigenvalue weighted by Gasteiger charge is -2.10. The third-order valence-corrected chi connectivity index (χ3v) is 2.35. The van der Waals surface area contributed by atoms with E-state index in [9.17, 15) is 4.79 Å². The average molecular weight is 209 g/mol. The molecule has 0 fully saturated rings. The number of hydrogen-bond donors (Lipinski definition) is 2. The van der Waals surface area contributed by atoms with Crippen molar-refractivity contribution in [2.45, 2.75) is 13.0 Å². The summed E-state index contributed by atoms with van der Waals surface area (Å²) in [6.07, 6.45) is 0. The van der Waals surface area contributed by atoms with Gasteiger partial charge in [-0.1, -0.05) is 12.1 Å². The largest absolute Gasteiger partial charge is 0.480 e. The van der Waals surface area contributed by atoms with Gasteiger partial charge in [0.1, 0.15) is 6.04 Å². The van der Waals surface area contributed by atoms with Crippen molar-refractivity contribution in [2.24, 2.45) is 5.73 Å². The molecule has 1 unspecified atom stereocenters. The van der Waals surface area contributed by atoms with Gasteiger partial charge in [-0.3, -0.25) is 4.79 Å². The zero-order chi connectivity index (χ0) is 11.0. The number of aryl methyl sites for hydroxylation is 1. The number of hydrogen-bond acceptors (Lipinski definition) is 4. The second kappa shape index (κ2) is 3.43. The van der Waals surface area contributed by atoms with Crippen LogP contribution in [0.25, 0.3) is 0 Å². The summed E-state index contributed by atoms with van der Waals surface area (Å²) in [6.45, 7) is 1.98. The lowest BCUT2D eigenvalue weighted by atomic mass is 10.0. The zero-order valence-corrected chi connectivity index (χ0v) is 8.19. The van der Waals surface area contributed by atoms with Gasteiger partial charge in [-0.2, -0.15) is 0 Å². The summed E-state index contributed by atoms with van der Waals surface area (Å²) < 4.78 is 10.4. The molecule has 0 amide bonds. The maximum absolute atomic E-state index is 10.8. The van der Waals surface area contributed by atoms with Crippen molar-refractivity contribution in [1.82, 2.24) is 0 Å². The molecule has 0 saturated heterocycles. The molecule has 0 spiro atoms. The zero-order valence-electron chi connectivity index (χ0n) is 8.19. The molecule has 3 N–H and O–H groups in total. The van der Waals surface area contributed by atoms with Gasteiger partial charge < -0.3 is 20.3 Å². The maximum Gasteiger partial charge on any atom is 0.325 e. The van der Waals surface area contributed by atoms with Gasteiger partial charge >= 0.3 is 5.97 Å². The van der Waals surface area contributed by atoms with Crippen molar-refractivity contribution in [3.63, 3.8) is 0 Å². The quantitative estimate of drug-likeness (QED) is 0.753. The highest BCUT2D eigenvalue weighted by molar-refractivity contribution is 5.77. The van der Waals surface area contributed by atoms with Gasteiger partial charge in [-0.25, -0.2) is 0 Å². The Bertz CT molecular complexity index is 416. The number of aliphatic carboxylic acids is 1. The Morgan fingerprint density at radius 2 is 2.13 bits per heavy atom. The summed E-state index contributed by atoms with van der Waals surface area (Å²) in [5, 5.41) is 8.81. The summed E-state index contributed by atoms with van der Waals surface area (Å²) in [7, 11) is 0. The van der Waals surface area contributed by atoms with E-state index in [1.807, 2.05) is 6.92 Å². The monoisotopic (exact) mass is 209 g/mol. The van der Waals surface area contributed by atoms with Crippen LogP contribution in [0.15, 0.2) is 12.1 Å². The van der Waals surface area contributed by atoms with Crippen LogP contribution in [-0.4, -0.2) is 17.9 Å². The van der Waals surface area contributed by atoms with Gasteiger partial charge in [0.15, 0.2) is 11.5 Å². The molecule has 80 valence electrons. The van der Waals surface area contributed by atoms with Crippen LogP contribution in [0, 0.1) is 6.92 Å². The molecule has 15 heavy (non-hydrogen) atoms. The average Bonchev–Trinajstić information content (AvgIpc) is 2.66. The molecule has 0 aliphatic carbocycles. The van der Waals surface area contributed by atoms with Gasteiger partial charge in [0.05, 0.1) is 0 Å². The first kappa shape index (κ1) is 9.79. The lowest BCUT2D eigenvalue weighted by molar-refractivity contribution is -0.138. The Morgan fingerprint density at radius 1 is 1.47 bits per heavy atom. The van der Waals surface area contributed by atoms with Gasteiger partial charge in [0.2, 0.25) is 6.79 Å². The first-order chi connectivity index (χ1) is 7.11. The van der Waals surface area contributed by atoms with Crippen molar-refractivity contribution in [3.05, 3.63) is 23.3 Å². The number of rotatable bonds is 2. The molecule has 0 saturated carbocycles. The number of ether oxygens (including phenoxy) is 2. The predicted octanol–water partition coefficient (Wildman–Crippen LogP) is 0.808. The van der Waals surface area contributed by atoms with Crippen LogP contribution in [0.2, 0.25) is 0 Å². The van der Waals surface area contributed by atoms with E-state index >= 15 is 0 Å². The van der Waals surface area contributed by atoms with Gasteiger partial charge in [-0.15, -0.1) is 0 Å². The van der Waals surface area contributed by atoms with Crippen LogP contribution in [-0.2, 0) is 4.79 Å². The summed E-state index contributed by atoms with van der Waals surface area (Å²) in [5.74, 6) is -0.0503. The number of carbonyl (C=O) groups is 1. The van der Waals surface area contributed by atoms with E-state index in [0.29, 0.717) is 17.1 Å². The highest BCUT2D eigenvalue weighted by Crippen LogP contribution is 2.40. The standard InChI is InChI=1S/C10H11NO4/c1-5-2-3-6(7(11)10(12)13)9-8(5)14-4-15-9/h2-3,7H,4,11H2,1H3,(H,12,13). The fourth-order valence-corrected chi connectivity index (χ4v) is 1.53. The Labute approximate surface area is 86.4 Å². The fourth-order valence-electron chi connectivity index (χ4n) is 1.53. The number of fused-ring (bicyclic) bond motifs is 1. The molecule has 0 radical (unpaired) electrons. The van der Waals surface area contributed by atoms with E-state index in [2.05, 4.69) is 0 Å². The molecular weight excluding hydrogens is 198 g/mol. The Hall–Kier alpha value is -1.75. The first-order valence-electron chi connectivity index (χ1n) is 4.48. The molecule has 1 heterocycles. The first-order valence-corrected chi connectivity index (χ1v) is 4.48. The molecule has 0 bridgehead atoms. The predicted molar refractivity (Wildman–Crippen MR) is 51.9 cm³/mol. The molecule has 1 aliphatic rings. The number of carboxylic acids is 1. The van der Waals surface area contributed by atoms with Crippen molar-refractivity contribution in [3.8, 4) is 11.5 Å². The van der Waals surface area contributed by atoms with E-state index in [4.69, 9.17) is 20.3 Å². The summed E-state index contributed by atoms with van der Waals surface area (Å²) in [5.41, 5.74) is 6.88. The molecular formula is C10H11NO4. The van der Waals surface area contributed by atoms with Crippen LogP contribution < -0.4 is 15.2 Å². The van der Waals surface area contributed by atoms with Gasteiger partial charge in [0, 0.05) is 5.56 Å². The summed E-state index contributed by atoms with van der Waals surface area (Å²) in [6, 6.07) is 2.34. The van der Waals surface area contributed by atoms with E-state index in [1.165, 1.54) is 0 Å². The molecule has 1 atom stereocenters. The van der Waals surface area contributed by atoms with Crippen molar-refractivity contribution in [1.29, 1.82) is 0 Å². The van der Waals surface area contributed by atoms with Crippen molar-refractivity contribution in [2.75, 3.05) is 6.79 Å². The van der Waals surface area contributed by atoms with E-state index in [0.717, 1.165) is 5.56 Å². The van der Waals surface area contributed by atoms with Crippen LogP contribution >= 0.6 is 0 Å². The maximum atomic E-state index is 10.8. The number of carboxylic acid groups (broad SMARTS) is 1. The molecule has 1 aliphatic heterocycles. The molecule has 1 aromatic carbocycles. The summed E-state index contributed by atoms with van der Waals surface area (Å²) >= 11 is 0. The molecule has 2 rings (SSSR count). The van der Waals surface area contributed by atoms with Crippen LogP contribution in [0.4, 0.5) is 0 Å². The second-order valence-corrected chi connectivity index (χ2v) is 3.35. The topological polar surface area (TPSA) is 81.8 Å². The van der Waals surface area contributed by atoms with Crippen molar-refractivity contribution >= 4 is 5.97 Å². The van der Waals surface area contributed by atoms with E-state index in [-0.39, 0.29) is 6.79 Å². The van der Waals surface area contributed by atoms with E-state index in [1.54, 1.807) is 12.1 Å². The van der Waals surface area contributed by atoms with Crippen LogP contribution in [0.5, 0.6) is 11.5 Å². The van der Waals surface area contributed by atoms with Crippen LogP contribution in [0.3, 0.4) is 0 Å².